The molecule has 3 aliphatic rings. The maximum absolute atomic E-state index is 12.7. The largest absolute Gasteiger partial charge is 0.481 e. The van der Waals surface area contributed by atoms with Gasteiger partial charge < -0.3 is 30.0 Å². The second-order valence-corrected chi connectivity index (χ2v) is 9.13. The van der Waals surface area contributed by atoms with Crippen molar-refractivity contribution in [1.82, 2.24) is 10.6 Å². The van der Waals surface area contributed by atoms with Gasteiger partial charge in [-0.3, -0.25) is 9.59 Å². The van der Waals surface area contributed by atoms with E-state index in [-0.39, 0.29) is 37.7 Å². The van der Waals surface area contributed by atoms with Gasteiger partial charge in [-0.25, -0.2) is 4.79 Å². The Bertz CT molecular complexity index is 1070. The molecule has 0 saturated carbocycles. The second kappa shape index (κ2) is 10.1. The van der Waals surface area contributed by atoms with Crippen molar-refractivity contribution >= 4 is 18.0 Å². The molecule has 2 saturated heterocycles. The van der Waals surface area contributed by atoms with Crippen LogP contribution in [0.2, 0.25) is 0 Å². The van der Waals surface area contributed by atoms with E-state index >= 15 is 0 Å². The lowest BCUT2D eigenvalue weighted by Crippen LogP contribution is -2.49. The van der Waals surface area contributed by atoms with E-state index in [4.69, 9.17) is 19.3 Å². The zero-order chi connectivity index (χ0) is 24.4. The predicted molar refractivity (Wildman–Crippen MR) is 125 cm³/mol. The number of hydrogen-bond acceptors (Lipinski definition) is 6. The van der Waals surface area contributed by atoms with Crippen LogP contribution in [0.1, 0.15) is 29.9 Å². The first-order chi connectivity index (χ1) is 17.0. The van der Waals surface area contributed by atoms with Gasteiger partial charge in [-0.2, -0.15) is 0 Å². The summed E-state index contributed by atoms with van der Waals surface area (Å²) < 4.78 is 16.6. The molecule has 2 heterocycles. The summed E-state index contributed by atoms with van der Waals surface area (Å²) in [6.07, 6.45) is -0.947. The van der Waals surface area contributed by atoms with Gasteiger partial charge in [-0.1, -0.05) is 48.5 Å². The molecule has 4 atom stereocenters. The Morgan fingerprint density at radius 3 is 2.34 bits per heavy atom. The van der Waals surface area contributed by atoms with Crippen LogP contribution in [0.4, 0.5) is 4.79 Å². The van der Waals surface area contributed by atoms with Crippen LogP contribution >= 0.6 is 0 Å². The van der Waals surface area contributed by atoms with Crippen molar-refractivity contribution in [1.29, 1.82) is 0 Å². The van der Waals surface area contributed by atoms with E-state index in [0.29, 0.717) is 19.4 Å². The average molecular weight is 481 g/mol. The molecule has 2 aromatic carbocycles. The maximum Gasteiger partial charge on any atom is 0.407 e. The highest BCUT2D eigenvalue weighted by Crippen LogP contribution is 2.44. The van der Waals surface area contributed by atoms with Crippen molar-refractivity contribution in [3.05, 3.63) is 59.7 Å². The van der Waals surface area contributed by atoms with Gasteiger partial charge in [-0.15, -0.1) is 0 Å². The van der Waals surface area contributed by atoms with E-state index in [9.17, 15) is 14.4 Å². The molecule has 0 radical (unpaired) electrons. The maximum atomic E-state index is 12.7. The third-order valence-corrected chi connectivity index (χ3v) is 6.93. The number of carboxylic acids is 1. The number of carbonyl (C=O) groups is 3. The average Bonchev–Trinajstić information content (AvgIpc) is 3.59. The molecule has 184 valence electrons. The minimum Gasteiger partial charge on any atom is -0.481 e. The SMILES string of the molecule is O=C(N[C@H]1CCO[C@H]1C(=O)NC[C@@H]1C[C@H](C(=O)O)CO1)OCC1c2ccccc2-c2ccccc21. The lowest BCUT2D eigenvalue weighted by Gasteiger charge is -2.21. The molecule has 0 spiro atoms. The molecule has 2 aromatic rings. The summed E-state index contributed by atoms with van der Waals surface area (Å²) in [5.41, 5.74) is 4.56. The number of rotatable bonds is 7. The van der Waals surface area contributed by atoms with E-state index in [1.165, 1.54) is 0 Å². The number of alkyl carbamates (subject to hydrolysis) is 1. The Morgan fingerprint density at radius 1 is 1.00 bits per heavy atom. The second-order valence-electron chi connectivity index (χ2n) is 9.13. The van der Waals surface area contributed by atoms with Crippen molar-refractivity contribution in [3.63, 3.8) is 0 Å². The van der Waals surface area contributed by atoms with Crippen LogP contribution in [0.25, 0.3) is 11.1 Å². The number of nitrogens with one attached hydrogen (secondary N) is 2. The van der Waals surface area contributed by atoms with E-state index in [2.05, 4.69) is 34.9 Å². The highest BCUT2D eigenvalue weighted by molar-refractivity contribution is 5.83. The molecule has 2 fully saturated rings. The quantitative estimate of drug-likeness (QED) is 0.556. The van der Waals surface area contributed by atoms with Crippen LogP contribution in [0, 0.1) is 5.92 Å². The first-order valence-corrected chi connectivity index (χ1v) is 11.9. The third kappa shape index (κ3) is 4.87. The first-order valence-electron chi connectivity index (χ1n) is 11.9. The molecular formula is C26H28N2O7. The van der Waals surface area contributed by atoms with Gasteiger partial charge >= 0.3 is 12.1 Å². The van der Waals surface area contributed by atoms with Crippen LogP contribution in [0.15, 0.2) is 48.5 Å². The Morgan fingerprint density at radius 2 is 1.69 bits per heavy atom. The van der Waals surface area contributed by atoms with Crippen LogP contribution in [-0.4, -0.2) is 67.7 Å². The number of amides is 2. The fraction of sp³-hybridized carbons (Fsp3) is 0.423. The van der Waals surface area contributed by atoms with E-state index < -0.39 is 30.1 Å². The van der Waals surface area contributed by atoms with Crippen LogP contribution < -0.4 is 10.6 Å². The molecule has 9 heteroatoms. The molecular weight excluding hydrogens is 452 g/mol. The first kappa shape index (κ1) is 23.3. The van der Waals surface area contributed by atoms with Crippen molar-refractivity contribution in [3.8, 4) is 11.1 Å². The third-order valence-electron chi connectivity index (χ3n) is 6.93. The normalized spacial score (nSPS) is 25.0. The molecule has 2 aliphatic heterocycles. The van der Waals surface area contributed by atoms with Gasteiger partial charge in [0.1, 0.15) is 6.61 Å². The summed E-state index contributed by atoms with van der Waals surface area (Å²) in [6.45, 7) is 0.864. The Balaban J connectivity index is 1.13. The fourth-order valence-corrected chi connectivity index (χ4v) is 5.12. The van der Waals surface area contributed by atoms with Gasteiger partial charge in [0.2, 0.25) is 0 Å². The molecule has 1 aliphatic carbocycles. The molecule has 0 unspecified atom stereocenters. The lowest BCUT2D eigenvalue weighted by molar-refractivity contribution is -0.141. The summed E-state index contributed by atoms with van der Waals surface area (Å²) in [5.74, 6) is -1.87. The fourth-order valence-electron chi connectivity index (χ4n) is 5.12. The van der Waals surface area contributed by atoms with Gasteiger partial charge in [-0.05, 0) is 35.1 Å². The number of carbonyl (C=O) groups excluding carboxylic acids is 2. The molecule has 9 nitrogen and oxygen atoms in total. The van der Waals surface area contributed by atoms with Crippen molar-refractivity contribution in [2.75, 3.05) is 26.4 Å². The van der Waals surface area contributed by atoms with Gasteiger partial charge in [0, 0.05) is 19.1 Å². The van der Waals surface area contributed by atoms with Gasteiger partial charge in [0.15, 0.2) is 6.10 Å². The number of fused-ring (bicyclic) bond motifs is 3. The smallest absolute Gasteiger partial charge is 0.407 e. The van der Waals surface area contributed by atoms with Gasteiger partial charge in [0.05, 0.1) is 24.7 Å². The standard InChI is InChI=1S/C26H28N2O7/c29-24(27-12-16-11-15(13-34-16)25(30)31)23-22(9-10-33-23)28-26(32)35-14-21-19-7-3-1-5-17(19)18-6-2-4-8-20(18)21/h1-8,15-16,21-23H,9-14H2,(H,27,29)(H,28,32)(H,30,31)/t15-,16-,22-,23+/m0/s1. The molecule has 0 bridgehead atoms. The Kier molecular flexibility index (Phi) is 6.70. The topological polar surface area (TPSA) is 123 Å². The number of ether oxygens (including phenoxy) is 3. The zero-order valence-electron chi connectivity index (χ0n) is 19.1. The highest BCUT2D eigenvalue weighted by atomic mass is 16.6. The zero-order valence-corrected chi connectivity index (χ0v) is 19.1. The minimum absolute atomic E-state index is 0.0480. The highest BCUT2D eigenvalue weighted by Gasteiger charge is 2.37. The number of hydrogen-bond donors (Lipinski definition) is 3. The van der Waals surface area contributed by atoms with Gasteiger partial charge in [0.25, 0.3) is 5.91 Å². The van der Waals surface area contributed by atoms with Crippen molar-refractivity contribution in [2.24, 2.45) is 5.92 Å². The summed E-state index contributed by atoms with van der Waals surface area (Å²) in [7, 11) is 0. The Hall–Kier alpha value is -3.43. The molecule has 2 amide bonds. The van der Waals surface area contributed by atoms with Crippen LogP contribution in [-0.2, 0) is 23.8 Å². The van der Waals surface area contributed by atoms with E-state index in [0.717, 1.165) is 22.3 Å². The molecule has 3 N–H and O–H groups in total. The molecule has 35 heavy (non-hydrogen) atoms. The number of carboxylic acid groups (broad SMARTS) is 1. The van der Waals surface area contributed by atoms with E-state index in [1.807, 2.05) is 24.3 Å². The summed E-state index contributed by atoms with van der Waals surface area (Å²) in [6, 6.07) is 15.7. The predicted octanol–water partition coefficient (Wildman–Crippen LogP) is 2.29. The lowest BCUT2D eigenvalue weighted by atomic mass is 9.98. The van der Waals surface area contributed by atoms with E-state index in [1.54, 1.807) is 0 Å². The summed E-state index contributed by atoms with van der Waals surface area (Å²) >= 11 is 0. The summed E-state index contributed by atoms with van der Waals surface area (Å²) in [5, 5.41) is 14.6. The minimum atomic E-state index is -0.898. The van der Waals surface area contributed by atoms with Crippen LogP contribution in [0.5, 0.6) is 0 Å². The molecule has 0 aromatic heterocycles. The van der Waals surface area contributed by atoms with Crippen molar-refractivity contribution in [2.45, 2.75) is 37.0 Å². The van der Waals surface area contributed by atoms with Crippen molar-refractivity contribution < 1.29 is 33.7 Å². The molecule has 5 rings (SSSR count). The Labute approximate surface area is 202 Å². The number of benzene rings is 2. The monoisotopic (exact) mass is 480 g/mol. The van der Waals surface area contributed by atoms with Crippen LogP contribution in [0.3, 0.4) is 0 Å². The number of aliphatic carboxylic acids is 1. The summed E-state index contributed by atoms with van der Waals surface area (Å²) in [4.78, 5) is 36.3.